The molecule has 3 N–H and O–H groups in total. The average molecular weight is 253 g/mol. The summed E-state index contributed by atoms with van der Waals surface area (Å²) in [5.41, 5.74) is 7.60. The van der Waals surface area contributed by atoms with Crippen molar-refractivity contribution in [3.8, 4) is 0 Å². The largest absolute Gasteiger partial charge is 0.394 e. The topological polar surface area (TPSA) is 76.2 Å². The number of nitrogens with one attached hydrogen (secondary N) is 1. The summed E-state index contributed by atoms with van der Waals surface area (Å²) in [5, 5.41) is 7.55. The van der Waals surface area contributed by atoms with Crippen LogP contribution in [0.2, 0.25) is 0 Å². The Kier molecular flexibility index (Phi) is 4.58. The van der Waals surface area contributed by atoms with E-state index >= 15 is 0 Å². The molecule has 1 aromatic rings. The number of aromatic nitrogens is 2. The van der Waals surface area contributed by atoms with Gasteiger partial charge in [0.15, 0.2) is 0 Å². The molecule has 0 aliphatic carbocycles. The SMILES string of the molecule is CC(C)c1nn(C)c(NCCC(=O)N(C)C)c1N. The smallest absolute Gasteiger partial charge is 0.223 e. The predicted molar refractivity (Wildman–Crippen MR) is 73.5 cm³/mol. The third kappa shape index (κ3) is 3.15. The first-order chi connectivity index (χ1) is 8.34. The lowest BCUT2D eigenvalue weighted by molar-refractivity contribution is -0.128. The predicted octanol–water partition coefficient (Wildman–Crippen LogP) is 1.02. The van der Waals surface area contributed by atoms with Gasteiger partial charge in [-0.05, 0) is 5.92 Å². The number of anilines is 2. The molecule has 1 heterocycles. The highest BCUT2D eigenvalue weighted by Gasteiger charge is 2.15. The minimum absolute atomic E-state index is 0.0901. The van der Waals surface area contributed by atoms with Crippen molar-refractivity contribution >= 4 is 17.4 Å². The first kappa shape index (κ1) is 14.3. The molecule has 1 amide bonds. The number of carbonyl (C=O) groups excluding carboxylic acids is 1. The molecule has 0 radical (unpaired) electrons. The van der Waals surface area contributed by atoms with Crippen molar-refractivity contribution in [1.29, 1.82) is 0 Å². The fourth-order valence-corrected chi connectivity index (χ4v) is 1.71. The Bertz CT molecular complexity index is 422. The second-order valence-corrected chi connectivity index (χ2v) is 4.89. The molecular weight excluding hydrogens is 230 g/mol. The zero-order chi connectivity index (χ0) is 13.9. The van der Waals surface area contributed by atoms with E-state index < -0.39 is 0 Å². The third-order valence-electron chi connectivity index (χ3n) is 2.79. The van der Waals surface area contributed by atoms with Crippen LogP contribution in [0.3, 0.4) is 0 Å². The van der Waals surface area contributed by atoms with Gasteiger partial charge in [-0.25, -0.2) is 0 Å². The van der Waals surface area contributed by atoms with Gasteiger partial charge >= 0.3 is 0 Å². The Morgan fingerprint density at radius 2 is 2.11 bits per heavy atom. The second-order valence-electron chi connectivity index (χ2n) is 4.89. The minimum atomic E-state index is 0.0901. The Labute approximate surface area is 108 Å². The molecule has 0 aliphatic rings. The van der Waals surface area contributed by atoms with Gasteiger partial charge in [0.2, 0.25) is 5.91 Å². The molecule has 0 saturated carbocycles. The van der Waals surface area contributed by atoms with Gasteiger partial charge in [0.05, 0.1) is 11.4 Å². The Morgan fingerprint density at radius 3 is 2.56 bits per heavy atom. The monoisotopic (exact) mass is 253 g/mol. The molecule has 18 heavy (non-hydrogen) atoms. The van der Waals surface area contributed by atoms with Crippen LogP contribution in [0.25, 0.3) is 0 Å². The van der Waals surface area contributed by atoms with Crippen molar-refractivity contribution in [3.63, 3.8) is 0 Å². The lowest BCUT2D eigenvalue weighted by atomic mass is 10.1. The molecule has 102 valence electrons. The van der Waals surface area contributed by atoms with Crippen LogP contribution in [0.15, 0.2) is 0 Å². The maximum atomic E-state index is 11.4. The number of aryl methyl sites for hydroxylation is 1. The van der Waals surface area contributed by atoms with Gasteiger partial charge in [-0.2, -0.15) is 5.10 Å². The van der Waals surface area contributed by atoms with Crippen LogP contribution >= 0.6 is 0 Å². The summed E-state index contributed by atoms with van der Waals surface area (Å²) >= 11 is 0. The van der Waals surface area contributed by atoms with Crippen molar-refractivity contribution in [2.45, 2.75) is 26.2 Å². The summed E-state index contributed by atoms with van der Waals surface area (Å²) in [6, 6.07) is 0. The molecule has 0 aliphatic heterocycles. The molecule has 6 heteroatoms. The standard InChI is InChI=1S/C12H23N5O/c1-8(2)11-10(13)12(17(5)15-11)14-7-6-9(18)16(3)4/h8,14H,6-7,13H2,1-5H3. The summed E-state index contributed by atoms with van der Waals surface area (Å²) in [4.78, 5) is 13.0. The van der Waals surface area contributed by atoms with Crippen LogP contribution in [0.1, 0.15) is 31.9 Å². The van der Waals surface area contributed by atoms with Gasteiger partial charge in [0, 0.05) is 34.1 Å². The van der Waals surface area contributed by atoms with Crippen molar-refractivity contribution in [1.82, 2.24) is 14.7 Å². The number of hydrogen-bond donors (Lipinski definition) is 2. The normalized spacial score (nSPS) is 10.8. The molecule has 0 fully saturated rings. The molecule has 0 atom stereocenters. The van der Waals surface area contributed by atoms with Crippen molar-refractivity contribution in [2.75, 3.05) is 31.7 Å². The van der Waals surface area contributed by atoms with E-state index in [0.29, 0.717) is 18.7 Å². The fraction of sp³-hybridized carbons (Fsp3) is 0.667. The van der Waals surface area contributed by atoms with Crippen molar-refractivity contribution in [2.24, 2.45) is 7.05 Å². The Hall–Kier alpha value is -1.72. The summed E-state index contributed by atoms with van der Waals surface area (Å²) in [5.74, 6) is 1.16. The molecule has 0 saturated heterocycles. The number of rotatable bonds is 5. The molecule has 0 aromatic carbocycles. The van der Waals surface area contributed by atoms with Crippen LogP contribution in [0, 0.1) is 0 Å². The summed E-state index contributed by atoms with van der Waals surface area (Å²) in [7, 11) is 5.34. The highest BCUT2D eigenvalue weighted by atomic mass is 16.2. The highest BCUT2D eigenvalue weighted by molar-refractivity contribution is 5.76. The maximum absolute atomic E-state index is 11.4. The lowest BCUT2D eigenvalue weighted by Gasteiger charge is -2.11. The van der Waals surface area contributed by atoms with E-state index in [1.54, 1.807) is 23.7 Å². The molecule has 6 nitrogen and oxygen atoms in total. The molecule has 1 rings (SSSR count). The zero-order valence-corrected chi connectivity index (χ0v) is 11.8. The van der Waals surface area contributed by atoms with E-state index in [-0.39, 0.29) is 11.8 Å². The second kappa shape index (κ2) is 5.75. The van der Waals surface area contributed by atoms with Gasteiger partial charge < -0.3 is 16.0 Å². The van der Waals surface area contributed by atoms with Crippen LogP contribution < -0.4 is 11.1 Å². The highest BCUT2D eigenvalue weighted by Crippen LogP contribution is 2.27. The van der Waals surface area contributed by atoms with Crippen LogP contribution in [0.5, 0.6) is 0 Å². The maximum Gasteiger partial charge on any atom is 0.223 e. The number of nitrogens with zero attached hydrogens (tertiary/aromatic N) is 3. The Balaban J connectivity index is 2.66. The van der Waals surface area contributed by atoms with E-state index in [1.807, 2.05) is 7.05 Å². The number of amides is 1. The molecule has 1 aromatic heterocycles. The number of hydrogen-bond acceptors (Lipinski definition) is 4. The molecular formula is C12H23N5O. The van der Waals surface area contributed by atoms with Crippen molar-refractivity contribution in [3.05, 3.63) is 5.69 Å². The van der Waals surface area contributed by atoms with Crippen LogP contribution in [-0.2, 0) is 11.8 Å². The number of carbonyl (C=O) groups is 1. The first-order valence-electron chi connectivity index (χ1n) is 6.11. The van der Waals surface area contributed by atoms with E-state index in [4.69, 9.17) is 5.73 Å². The van der Waals surface area contributed by atoms with E-state index in [0.717, 1.165) is 11.5 Å². The Morgan fingerprint density at radius 1 is 1.50 bits per heavy atom. The van der Waals surface area contributed by atoms with Crippen LogP contribution in [-0.4, -0.2) is 41.2 Å². The lowest BCUT2D eigenvalue weighted by Crippen LogP contribution is -2.24. The van der Waals surface area contributed by atoms with Gasteiger partial charge in [-0.1, -0.05) is 13.8 Å². The van der Waals surface area contributed by atoms with Crippen LogP contribution in [0.4, 0.5) is 11.5 Å². The van der Waals surface area contributed by atoms with Gasteiger partial charge in [-0.3, -0.25) is 9.48 Å². The van der Waals surface area contributed by atoms with Gasteiger partial charge in [0.1, 0.15) is 5.82 Å². The zero-order valence-electron chi connectivity index (χ0n) is 11.8. The molecule has 0 unspecified atom stereocenters. The third-order valence-corrected chi connectivity index (χ3v) is 2.79. The molecule has 0 bridgehead atoms. The summed E-state index contributed by atoms with van der Waals surface area (Å²) in [6.07, 6.45) is 0.439. The minimum Gasteiger partial charge on any atom is -0.394 e. The van der Waals surface area contributed by atoms with Gasteiger partial charge in [0.25, 0.3) is 0 Å². The fourth-order valence-electron chi connectivity index (χ4n) is 1.71. The first-order valence-corrected chi connectivity index (χ1v) is 6.11. The molecule has 0 spiro atoms. The van der Waals surface area contributed by atoms with Gasteiger partial charge in [-0.15, -0.1) is 0 Å². The summed E-state index contributed by atoms with van der Waals surface area (Å²) in [6.45, 7) is 4.66. The van der Waals surface area contributed by atoms with E-state index in [2.05, 4.69) is 24.3 Å². The van der Waals surface area contributed by atoms with E-state index in [9.17, 15) is 4.79 Å². The van der Waals surface area contributed by atoms with E-state index in [1.165, 1.54) is 0 Å². The number of nitrogen functional groups attached to an aromatic ring is 1. The van der Waals surface area contributed by atoms with Crippen molar-refractivity contribution < 1.29 is 4.79 Å². The quantitative estimate of drug-likeness (QED) is 0.821. The number of nitrogens with two attached hydrogens (primary N) is 1. The summed E-state index contributed by atoms with van der Waals surface area (Å²) < 4.78 is 1.73. The average Bonchev–Trinajstić information content (AvgIpc) is 2.56.